The average Bonchev–Trinajstić information content (AvgIpc) is 2.42. The standard InChI is InChI=1S/C14H10F6O4.Na/c1-2-6-3-8(24-14(18,19)20)4-7-5-9(12(21)22)11(13(15,16)17)23-10(6)7;/h3-5,11H,2H2,1H3,(H,21,22);/q;+1/p-1. The Balaban J connectivity index is 0.00000312. The van der Waals surface area contributed by atoms with Crippen molar-refractivity contribution in [3.8, 4) is 11.5 Å². The van der Waals surface area contributed by atoms with Crippen molar-refractivity contribution in [1.29, 1.82) is 0 Å². The van der Waals surface area contributed by atoms with Crippen molar-refractivity contribution >= 4 is 12.0 Å². The summed E-state index contributed by atoms with van der Waals surface area (Å²) in [5, 5.41) is 10.9. The first-order valence-corrected chi connectivity index (χ1v) is 6.51. The minimum absolute atomic E-state index is 0. The number of carbonyl (C=O) groups is 1. The van der Waals surface area contributed by atoms with Crippen LogP contribution in [0.3, 0.4) is 0 Å². The van der Waals surface area contributed by atoms with Gasteiger partial charge in [-0.2, -0.15) is 13.2 Å². The molecule has 4 nitrogen and oxygen atoms in total. The van der Waals surface area contributed by atoms with Gasteiger partial charge in [-0.15, -0.1) is 13.2 Å². The van der Waals surface area contributed by atoms with E-state index >= 15 is 0 Å². The van der Waals surface area contributed by atoms with Gasteiger partial charge in [-0.05, 0) is 30.2 Å². The molecule has 1 atom stereocenters. The fourth-order valence-electron chi connectivity index (χ4n) is 2.22. The van der Waals surface area contributed by atoms with Gasteiger partial charge in [-0.3, -0.25) is 0 Å². The predicted octanol–water partition coefficient (Wildman–Crippen LogP) is -0.392. The first-order chi connectivity index (χ1) is 10.9. The second-order valence-corrected chi connectivity index (χ2v) is 4.83. The largest absolute Gasteiger partial charge is 1.00 e. The Hall–Kier alpha value is -1.39. The number of fused-ring (bicyclic) bond motifs is 1. The third kappa shape index (κ3) is 5.05. The van der Waals surface area contributed by atoms with Crippen molar-refractivity contribution in [1.82, 2.24) is 0 Å². The van der Waals surface area contributed by atoms with Gasteiger partial charge < -0.3 is 19.4 Å². The molecule has 0 radical (unpaired) electrons. The zero-order valence-electron chi connectivity index (χ0n) is 12.9. The van der Waals surface area contributed by atoms with Gasteiger partial charge in [0.05, 0.1) is 5.97 Å². The van der Waals surface area contributed by atoms with Crippen molar-refractivity contribution in [2.75, 3.05) is 0 Å². The Kier molecular flexibility index (Phi) is 6.47. The fraction of sp³-hybridized carbons (Fsp3) is 0.357. The molecule has 0 bridgehead atoms. The van der Waals surface area contributed by atoms with E-state index in [1.165, 1.54) is 6.92 Å². The van der Waals surface area contributed by atoms with Gasteiger partial charge in [-0.25, -0.2) is 0 Å². The average molecular weight is 378 g/mol. The molecule has 2 rings (SSSR count). The molecule has 0 spiro atoms. The molecule has 1 aliphatic heterocycles. The van der Waals surface area contributed by atoms with Crippen LogP contribution in [-0.4, -0.2) is 24.6 Å². The summed E-state index contributed by atoms with van der Waals surface area (Å²) in [7, 11) is 0. The molecule has 0 aliphatic carbocycles. The number of aliphatic carboxylic acids is 1. The van der Waals surface area contributed by atoms with Gasteiger partial charge in [0.25, 0.3) is 0 Å². The number of halogens is 6. The molecule has 0 saturated carbocycles. The summed E-state index contributed by atoms with van der Waals surface area (Å²) in [4.78, 5) is 10.9. The molecule has 1 aliphatic rings. The summed E-state index contributed by atoms with van der Waals surface area (Å²) in [5.74, 6) is -3.18. The van der Waals surface area contributed by atoms with Crippen molar-refractivity contribution in [3.05, 3.63) is 28.8 Å². The van der Waals surface area contributed by atoms with Gasteiger partial charge in [-0.1, -0.05) is 6.92 Å². The maximum Gasteiger partial charge on any atom is 1.00 e. The van der Waals surface area contributed by atoms with Crippen molar-refractivity contribution in [2.45, 2.75) is 32.0 Å². The van der Waals surface area contributed by atoms with E-state index in [2.05, 4.69) is 4.74 Å². The minimum atomic E-state index is -5.03. The van der Waals surface area contributed by atoms with E-state index in [0.717, 1.165) is 12.1 Å². The summed E-state index contributed by atoms with van der Waals surface area (Å²) in [5.41, 5.74) is -1.50. The van der Waals surface area contributed by atoms with Crippen LogP contribution < -0.4 is 44.1 Å². The molecule has 0 fully saturated rings. The number of aryl methyl sites for hydroxylation is 1. The van der Waals surface area contributed by atoms with Crippen molar-refractivity contribution in [3.63, 3.8) is 0 Å². The van der Waals surface area contributed by atoms with Crippen LogP contribution in [0.15, 0.2) is 17.7 Å². The van der Waals surface area contributed by atoms with Crippen LogP contribution in [-0.2, 0) is 11.2 Å². The molecule has 1 unspecified atom stereocenters. The first-order valence-electron chi connectivity index (χ1n) is 6.51. The van der Waals surface area contributed by atoms with Crippen molar-refractivity contribution in [2.24, 2.45) is 0 Å². The van der Waals surface area contributed by atoms with Gasteiger partial charge in [0.2, 0.25) is 6.10 Å². The third-order valence-corrected chi connectivity index (χ3v) is 3.14. The summed E-state index contributed by atoms with van der Waals surface area (Å²) in [6.07, 6.45) is -12.2. The zero-order chi connectivity index (χ0) is 18.3. The molecular formula is C14H9F6NaO4. The third-order valence-electron chi connectivity index (χ3n) is 3.14. The number of carboxylic acids is 1. The first kappa shape index (κ1) is 21.7. The monoisotopic (exact) mass is 378 g/mol. The number of hydrogen-bond donors (Lipinski definition) is 0. The molecule has 25 heavy (non-hydrogen) atoms. The van der Waals surface area contributed by atoms with E-state index in [1.807, 2.05) is 0 Å². The second kappa shape index (κ2) is 7.46. The van der Waals surface area contributed by atoms with E-state index < -0.39 is 35.9 Å². The fourth-order valence-corrected chi connectivity index (χ4v) is 2.22. The Bertz CT molecular complexity index is 696. The van der Waals surface area contributed by atoms with Gasteiger partial charge >= 0.3 is 42.1 Å². The van der Waals surface area contributed by atoms with Crippen LogP contribution >= 0.6 is 0 Å². The number of carbonyl (C=O) groups excluding carboxylic acids is 1. The van der Waals surface area contributed by atoms with Crippen LogP contribution in [0.2, 0.25) is 0 Å². The van der Waals surface area contributed by atoms with Gasteiger partial charge in [0.15, 0.2) is 0 Å². The number of carboxylic acid groups (broad SMARTS) is 1. The maximum absolute atomic E-state index is 13.0. The van der Waals surface area contributed by atoms with Gasteiger partial charge in [0.1, 0.15) is 11.5 Å². The van der Waals surface area contributed by atoms with Gasteiger partial charge in [0, 0.05) is 11.1 Å². The Labute approximate surface area is 159 Å². The second-order valence-electron chi connectivity index (χ2n) is 4.83. The summed E-state index contributed by atoms with van der Waals surface area (Å²) in [6, 6.07) is 1.63. The molecular weight excluding hydrogens is 369 g/mol. The number of rotatable bonds is 3. The summed E-state index contributed by atoms with van der Waals surface area (Å²) >= 11 is 0. The minimum Gasteiger partial charge on any atom is -0.545 e. The number of benzene rings is 1. The molecule has 0 aromatic heterocycles. The number of hydrogen-bond acceptors (Lipinski definition) is 4. The van der Waals surface area contributed by atoms with E-state index in [0.29, 0.717) is 6.08 Å². The summed E-state index contributed by atoms with van der Waals surface area (Å²) in [6.45, 7) is 1.48. The molecule has 0 saturated heterocycles. The molecule has 11 heteroatoms. The SMILES string of the molecule is CCc1cc(OC(F)(F)F)cc2c1OC(C(F)(F)F)C(C(=O)[O-])=C2.[Na+]. The Morgan fingerprint density at radius 2 is 1.84 bits per heavy atom. The normalized spacial score (nSPS) is 16.9. The number of ether oxygens (including phenoxy) is 2. The van der Waals surface area contributed by atoms with E-state index in [-0.39, 0.29) is 52.9 Å². The molecule has 132 valence electrons. The van der Waals surface area contributed by atoms with E-state index in [1.54, 1.807) is 0 Å². The molecule has 0 amide bonds. The Morgan fingerprint density at radius 3 is 2.28 bits per heavy atom. The maximum atomic E-state index is 13.0. The van der Waals surface area contributed by atoms with Crippen LogP contribution in [0.4, 0.5) is 26.3 Å². The van der Waals surface area contributed by atoms with Crippen LogP contribution in [0.1, 0.15) is 18.1 Å². The zero-order valence-corrected chi connectivity index (χ0v) is 14.9. The smallest absolute Gasteiger partial charge is 0.545 e. The Morgan fingerprint density at radius 1 is 1.24 bits per heavy atom. The van der Waals surface area contributed by atoms with E-state index in [4.69, 9.17) is 4.74 Å². The van der Waals surface area contributed by atoms with Crippen molar-refractivity contribution < 1.29 is 75.3 Å². The number of alkyl halides is 6. The summed E-state index contributed by atoms with van der Waals surface area (Å²) < 4.78 is 84.2. The van der Waals surface area contributed by atoms with E-state index in [9.17, 15) is 36.2 Å². The molecule has 1 aromatic carbocycles. The molecule has 0 N–H and O–H groups in total. The molecule has 1 heterocycles. The topological polar surface area (TPSA) is 58.6 Å². The molecule has 1 aromatic rings. The van der Waals surface area contributed by atoms with Crippen LogP contribution in [0.5, 0.6) is 11.5 Å². The predicted molar refractivity (Wildman–Crippen MR) is 66.0 cm³/mol. The van der Waals surface area contributed by atoms with Crippen LogP contribution in [0.25, 0.3) is 6.08 Å². The quantitative estimate of drug-likeness (QED) is 0.531. The van der Waals surface area contributed by atoms with Crippen LogP contribution in [0, 0.1) is 0 Å².